The van der Waals surface area contributed by atoms with E-state index in [1.54, 1.807) is 25.6 Å². The van der Waals surface area contributed by atoms with Gasteiger partial charge >= 0.3 is 0 Å². The molecule has 0 fully saturated rings. The van der Waals surface area contributed by atoms with E-state index >= 15 is 0 Å². The Morgan fingerprint density at radius 3 is 2.85 bits per heavy atom. The lowest BCUT2D eigenvalue weighted by Crippen LogP contribution is -2.06. The molecule has 0 aliphatic rings. The Hall–Kier alpha value is -2.14. The van der Waals surface area contributed by atoms with Crippen molar-refractivity contribution in [2.75, 3.05) is 25.6 Å². The molecule has 3 heterocycles. The van der Waals surface area contributed by atoms with Crippen molar-refractivity contribution in [3.63, 3.8) is 0 Å². The summed E-state index contributed by atoms with van der Waals surface area (Å²) in [4.78, 5) is 9.69. The molecule has 27 heavy (non-hydrogen) atoms. The van der Waals surface area contributed by atoms with Gasteiger partial charge in [-0.1, -0.05) is 23.5 Å². The van der Waals surface area contributed by atoms with Crippen LogP contribution in [-0.4, -0.2) is 40.4 Å². The predicted octanol–water partition coefficient (Wildman–Crippen LogP) is 4.56. The lowest BCUT2D eigenvalue weighted by Gasteiger charge is -2.03. The van der Waals surface area contributed by atoms with Crippen molar-refractivity contribution in [3.05, 3.63) is 41.8 Å². The van der Waals surface area contributed by atoms with Crippen LogP contribution in [0.2, 0.25) is 0 Å². The number of nitrogens with zero attached hydrogens (tertiary/aromatic N) is 4. The quantitative estimate of drug-likeness (QED) is 0.348. The summed E-state index contributed by atoms with van der Waals surface area (Å²) in [6.45, 7) is 1.28. The zero-order chi connectivity index (χ0) is 18.6. The standard InChI is InChI=1S/C17H14FN5OS3/c1-24-7-6-19-16-22-23-17(27-16)26-15-13-12(8-25-14(13)20-9-21-15)10-2-4-11(18)5-3-10/h2-5,8-9H,6-7H2,1H3,(H,19,22). The van der Waals surface area contributed by atoms with Crippen molar-refractivity contribution in [2.45, 2.75) is 9.37 Å². The molecule has 138 valence electrons. The topological polar surface area (TPSA) is 72.8 Å². The van der Waals surface area contributed by atoms with Crippen molar-refractivity contribution < 1.29 is 9.13 Å². The van der Waals surface area contributed by atoms with Crippen molar-refractivity contribution in [1.29, 1.82) is 0 Å². The van der Waals surface area contributed by atoms with Crippen molar-refractivity contribution in [2.24, 2.45) is 0 Å². The molecule has 4 rings (SSSR count). The number of nitrogens with one attached hydrogen (secondary N) is 1. The summed E-state index contributed by atoms with van der Waals surface area (Å²) in [6.07, 6.45) is 1.55. The molecule has 3 aromatic heterocycles. The highest BCUT2D eigenvalue weighted by atomic mass is 32.2. The van der Waals surface area contributed by atoms with E-state index in [1.165, 1.54) is 46.6 Å². The second kappa shape index (κ2) is 8.26. The molecule has 0 aliphatic heterocycles. The van der Waals surface area contributed by atoms with Crippen molar-refractivity contribution in [3.8, 4) is 11.1 Å². The molecule has 0 spiro atoms. The largest absolute Gasteiger partial charge is 0.383 e. The molecule has 0 bridgehead atoms. The van der Waals surface area contributed by atoms with E-state index in [2.05, 4.69) is 25.5 Å². The fraction of sp³-hybridized carbons (Fsp3) is 0.176. The molecule has 0 saturated heterocycles. The molecule has 0 saturated carbocycles. The van der Waals surface area contributed by atoms with Crippen LogP contribution in [0, 0.1) is 5.82 Å². The van der Waals surface area contributed by atoms with E-state index < -0.39 is 0 Å². The summed E-state index contributed by atoms with van der Waals surface area (Å²) < 4.78 is 19.1. The lowest BCUT2D eigenvalue weighted by atomic mass is 10.1. The zero-order valence-electron chi connectivity index (χ0n) is 14.2. The zero-order valence-corrected chi connectivity index (χ0v) is 16.6. The first-order chi connectivity index (χ1) is 13.2. The number of thiophene rings is 1. The molecule has 0 unspecified atom stereocenters. The maximum absolute atomic E-state index is 13.3. The van der Waals surface area contributed by atoms with Gasteiger partial charge in [0.25, 0.3) is 0 Å². The first kappa shape index (κ1) is 18.2. The lowest BCUT2D eigenvalue weighted by molar-refractivity contribution is 0.211. The number of ether oxygens (including phenoxy) is 1. The van der Waals surface area contributed by atoms with Crippen LogP contribution in [0.15, 0.2) is 45.3 Å². The highest BCUT2D eigenvalue weighted by Gasteiger charge is 2.16. The summed E-state index contributed by atoms with van der Waals surface area (Å²) in [6, 6.07) is 6.44. The van der Waals surface area contributed by atoms with E-state index in [0.717, 1.165) is 35.8 Å². The molecule has 0 amide bonds. The molecule has 0 radical (unpaired) electrons. The van der Waals surface area contributed by atoms with E-state index in [9.17, 15) is 4.39 Å². The monoisotopic (exact) mass is 419 g/mol. The fourth-order valence-electron chi connectivity index (χ4n) is 2.43. The smallest absolute Gasteiger partial charge is 0.206 e. The highest BCUT2D eigenvalue weighted by Crippen LogP contribution is 2.41. The van der Waals surface area contributed by atoms with Gasteiger partial charge in [0, 0.05) is 24.6 Å². The first-order valence-electron chi connectivity index (χ1n) is 7.97. The Labute approximate surface area is 166 Å². The Kier molecular flexibility index (Phi) is 5.58. The molecular formula is C17H14FN5OS3. The minimum Gasteiger partial charge on any atom is -0.383 e. The van der Waals surface area contributed by atoms with Crippen LogP contribution in [0.4, 0.5) is 9.52 Å². The SMILES string of the molecule is COCCNc1nnc(Sc2ncnc3scc(-c4ccc(F)cc4)c23)s1. The Bertz CT molecular complexity index is 1050. The van der Waals surface area contributed by atoms with Gasteiger partial charge in [-0.15, -0.1) is 21.5 Å². The predicted molar refractivity (Wildman–Crippen MR) is 107 cm³/mol. The average Bonchev–Trinajstić information content (AvgIpc) is 3.30. The number of fused-ring (bicyclic) bond motifs is 1. The van der Waals surface area contributed by atoms with Crippen LogP contribution >= 0.6 is 34.4 Å². The van der Waals surface area contributed by atoms with Crippen molar-refractivity contribution in [1.82, 2.24) is 20.2 Å². The van der Waals surface area contributed by atoms with E-state index in [0.29, 0.717) is 13.2 Å². The van der Waals surface area contributed by atoms with Crippen LogP contribution in [-0.2, 0) is 4.74 Å². The van der Waals surface area contributed by atoms with E-state index in [4.69, 9.17) is 4.74 Å². The minimum absolute atomic E-state index is 0.258. The highest BCUT2D eigenvalue weighted by molar-refractivity contribution is 8.01. The molecule has 1 N–H and O–H groups in total. The van der Waals surface area contributed by atoms with Gasteiger partial charge in [0.1, 0.15) is 22.0 Å². The second-order valence-electron chi connectivity index (χ2n) is 5.41. The number of hydrogen-bond acceptors (Lipinski definition) is 9. The summed E-state index contributed by atoms with van der Waals surface area (Å²) in [5, 5.41) is 16.0. The van der Waals surface area contributed by atoms with Crippen LogP contribution < -0.4 is 5.32 Å². The molecule has 4 aromatic rings. The maximum Gasteiger partial charge on any atom is 0.206 e. The van der Waals surface area contributed by atoms with Gasteiger partial charge < -0.3 is 10.1 Å². The third-order valence-electron chi connectivity index (χ3n) is 3.66. The summed E-state index contributed by atoms with van der Waals surface area (Å²) in [5.74, 6) is -0.258. The number of benzene rings is 1. The summed E-state index contributed by atoms with van der Waals surface area (Å²) >= 11 is 4.45. The van der Waals surface area contributed by atoms with Gasteiger partial charge in [0.15, 0.2) is 4.34 Å². The number of halogens is 1. The average molecular weight is 420 g/mol. The third-order valence-corrected chi connectivity index (χ3v) is 6.48. The van der Waals surface area contributed by atoms with Crippen molar-refractivity contribution >= 4 is 49.8 Å². The number of methoxy groups -OCH3 is 1. The van der Waals surface area contributed by atoms with E-state index in [-0.39, 0.29) is 5.82 Å². The van der Waals surface area contributed by atoms with E-state index in [1.807, 2.05) is 5.38 Å². The minimum atomic E-state index is -0.258. The fourth-order valence-corrected chi connectivity index (χ4v) is 5.21. The first-order valence-corrected chi connectivity index (χ1v) is 10.5. The summed E-state index contributed by atoms with van der Waals surface area (Å²) in [5.41, 5.74) is 1.92. The second-order valence-corrected chi connectivity index (χ2v) is 8.48. The Morgan fingerprint density at radius 2 is 2.04 bits per heavy atom. The molecule has 0 atom stereocenters. The van der Waals surface area contributed by atoms with Gasteiger partial charge in [0.2, 0.25) is 5.13 Å². The molecule has 0 aliphatic carbocycles. The Morgan fingerprint density at radius 1 is 1.19 bits per heavy atom. The van der Waals surface area contributed by atoms with Crippen LogP contribution in [0.5, 0.6) is 0 Å². The molecule has 1 aromatic carbocycles. The van der Waals surface area contributed by atoms with Gasteiger partial charge in [-0.2, -0.15) is 0 Å². The van der Waals surface area contributed by atoms with Gasteiger partial charge in [-0.3, -0.25) is 0 Å². The van der Waals surface area contributed by atoms with Gasteiger partial charge in [-0.25, -0.2) is 14.4 Å². The van der Waals surface area contributed by atoms with Gasteiger partial charge in [0.05, 0.1) is 12.0 Å². The Balaban J connectivity index is 1.64. The molecule has 6 nitrogen and oxygen atoms in total. The summed E-state index contributed by atoms with van der Waals surface area (Å²) in [7, 11) is 1.66. The number of anilines is 1. The maximum atomic E-state index is 13.3. The third kappa shape index (κ3) is 4.08. The van der Waals surface area contributed by atoms with Gasteiger partial charge in [-0.05, 0) is 29.5 Å². The molecular weight excluding hydrogens is 405 g/mol. The van der Waals surface area contributed by atoms with Crippen LogP contribution in [0.25, 0.3) is 21.3 Å². The normalized spacial score (nSPS) is 11.2. The molecule has 10 heteroatoms. The van der Waals surface area contributed by atoms with Crippen LogP contribution in [0.1, 0.15) is 0 Å². The number of hydrogen-bond donors (Lipinski definition) is 1. The number of rotatable bonds is 7. The number of aromatic nitrogens is 4. The van der Waals surface area contributed by atoms with Crippen LogP contribution in [0.3, 0.4) is 0 Å².